The second kappa shape index (κ2) is 8.54. The summed E-state index contributed by atoms with van der Waals surface area (Å²) in [5.41, 5.74) is 4.22. The second-order valence-corrected chi connectivity index (χ2v) is 6.49. The highest BCUT2D eigenvalue weighted by molar-refractivity contribution is 5.58. The molecule has 3 aromatic rings. The molecule has 0 saturated heterocycles. The van der Waals surface area contributed by atoms with Crippen LogP contribution in [0.1, 0.15) is 22.8 Å². The molecule has 3 nitrogen and oxygen atoms in total. The van der Waals surface area contributed by atoms with E-state index in [0.29, 0.717) is 18.9 Å². The number of hydrogen-bond acceptors (Lipinski definition) is 3. The molecule has 26 heavy (non-hydrogen) atoms. The van der Waals surface area contributed by atoms with Gasteiger partial charge >= 0.3 is 0 Å². The van der Waals surface area contributed by atoms with Crippen LogP contribution in [0, 0.1) is 6.92 Å². The number of phenolic OH excluding ortho intramolecular Hbond substituents is 1. The molecule has 0 spiro atoms. The van der Waals surface area contributed by atoms with E-state index in [0.717, 1.165) is 22.4 Å². The Morgan fingerprint density at radius 2 is 1.46 bits per heavy atom. The minimum absolute atomic E-state index is 0.100. The van der Waals surface area contributed by atoms with Gasteiger partial charge in [-0.2, -0.15) is 0 Å². The first-order valence-electron chi connectivity index (χ1n) is 8.87. The molecule has 0 aromatic heterocycles. The number of aromatic hydroxyl groups is 1. The fourth-order valence-corrected chi connectivity index (χ4v) is 3.01. The van der Waals surface area contributed by atoms with E-state index in [-0.39, 0.29) is 6.10 Å². The molecular formula is C23H25NO2. The van der Waals surface area contributed by atoms with Gasteiger partial charge in [-0.05, 0) is 35.7 Å². The van der Waals surface area contributed by atoms with Gasteiger partial charge in [0.05, 0.1) is 12.3 Å². The van der Waals surface area contributed by atoms with Gasteiger partial charge in [-0.25, -0.2) is 0 Å². The van der Waals surface area contributed by atoms with Crippen LogP contribution < -0.4 is 4.90 Å². The number of rotatable bonds is 7. The zero-order chi connectivity index (χ0) is 18.4. The monoisotopic (exact) mass is 347 g/mol. The molecule has 0 amide bonds. The second-order valence-electron chi connectivity index (χ2n) is 6.49. The normalized spacial score (nSPS) is 10.9. The molecule has 0 radical (unpaired) electrons. The Hall–Kier alpha value is -2.78. The van der Waals surface area contributed by atoms with Crippen molar-refractivity contribution in [3.63, 3.8) is 0 Å². The summed E-state index contributed by atoms with van der Waals surface area (Å²) in [7, 11) is 1.97. The number of anilines is 1. The third-order valence-corrected chi connectivity index (χ3v) is 4.46. The van der Waals surface area contributed by atoms with Crippen molar-refractivity contribution in [1.29, 1.82) is 0 Å². The first-order valence-corrected chi connectivity index (χ1v) is 8.87. The molecule has 0 unspecified atom stereocenters. The molecule has 1 N–H and O–H groups in total. The maximum Gasteiger partial charge on any atom is 0.138 e. The third kappa shape index (κ3) is 4.44. The molecule has 0 saturated carbocycles. The van der Waals surface area contributed by atoms with Crippen molar-refractivity contribution >= 4 is 5.69 Å². The summed E-state index contributed by atoms with van der Waals surface area (Å²) >= 11 is 0. The van der Waals surface area contributed by atoms with Gasteiger partial charge in [-0.3, -0.25) is 0 Å². The highest BCUT2D eigenvalue weighted by atomic mass is 16.5. The van der Waals surface area contributed by atoms with Gasteiger partial charge in [-0.1, -0.05) is 66.7 Å². The Kier molecular flexibility index (Phi) is 5.92. The number of nitrogens with zero attached hydrogens (tertiary/aromatic N) is 1. The smallest absolute Gasteiger partial charge is 0.138 e. The minimum Gasteiger partial charge on any atom is -0.506 e. The Morgan fingerprint density at radius 3 is 2.04 bits per heavy atom. The number of phenols is 1. The van der Waals surface area contributed by atoms with Crippen molar-refractivity contribution in [2.75, 3.05) is 25.1 Å². The Morgan fingerprint density at radius 1 is 0.885 bits per heavy atom. The van der Waals surface area contributed by atoms with Crippen LogP contribution >= 0.6 is 0 Å². The lowest BCUT2D eigenvalue weighted by Crippen LogP contribution is -2.24. The van der Waals surface area contributed by atoms with Crippen LogP contribution in [0.15, 0.2) is 78.9 Å². The molecule has 3 rings (SSSR count). The van der Waals surface area contributed by atoms with Crippen LogP contribution in [0.5, 0.6) is 5.75 Å². The number of ether oxygens (including phenoxy) is 1. The Balaban J connectivity index is 1.69. The van der Waals surface area contributed by atoms with Crippen molar-refractivity contribution in [3.8, 4) is 5.75 Å². The largest absolute Gasteiger partial charge is 0.506 e. The van der Waals surface area contributed by atoms with Gasteiger partial charge in [0.2, 0.25) is 0 Å². The lowest BCUT2D eigenvalue weighted by molar-refractivity contribution is 0.0859. The van der Waals surface area contributed by atoms with E-state index in [1.54, 1.807) is 6.07 Å². The third-order valence-electron chi connectivity index (χ3n) is 4.46. The first-order chi connectivity index (χ1) is 12.6. The molecule has 0 aliphatic carbocycles. The summed E-state index contributed by atoms with van der Waals surface area (Å²) in [6.45, 7) is 3.26. The van der Waals surface area contributed by atoms with E-state index < -0.39 is 0 Å². The molecule has 0 heterocycles. The summed E-state index contributed by atoms with van der Waals surface area (Å²) in [6.07, 6.45) is -0.100. The average molecular weight is 347 g/mol. The fourth-order valence-electron chi connectivity index (χ4n) is 3.01. The average Bonchev–Trinajstić information content (AvgIpc) is 2.68. The molecule has 0 bridgehead atoms. The minimum atomic E-state index is -0.100. The van der Waals surface area contributed by atoms with Crippen LogP contribution in [0.25, 0.3) is 0 Å². The lowest BCUT2D eigenvalue weighted by atomic mass is 10.0. The van der Waals surface area contributed by atoms with Crippen LogP contribution in [-0.4, -0.2) is 25.3 Å². The maximum absolute atomic E-state index is 10.1. The Labute approximate surface area is 155 Å². The van der Waals surface area contributed by atoms with Gasteiger partial charge < -0.3 is 14.7 Å². The van der Waals surface area contributed by atoms with Crippen molar-refractivity contribution in [2.24, 2.45) is 0 Å². The van der Waals surface area contributed by atoms with Crippen molar-refractivity contribution in [1.82, 2.24) is 0 Å². The summed E-state index contributed by atoms with van der Waals surface area (Å²) < 4.78 is 6.25. The van der Waals surface area contributed by atoms with Gasteiger partial charge in [0, 0.05) is 13.6 Å². The zero-order valence-corrected chi connectivity index (χ0v) is 15.3. The molecular weight excluding hydrogens is 322 g/mol. The van der Waals surface area contributed by atoms with Gasteiger partial charge in [0.1, 0.15) is 11.9 Å². The van der Waals surface area contributed by atoms with Crippen LogP contribution in [0.4, 0.5) is 5.69 Å². The SMILES string of the molecule is Cc1ccc(O)c(N(C)CCOC(c2ccccc2)c2ccccc2)c1. The summed E-state index contributed by atoms with van der Waals surface area (Å²) in [5, 5.41) is 10.1. The standard InChI is InChI=1S/C23H25NO2/c1-18-13-14-22(25)21(17-18)24(2)15-16-26-23(19-9-5-3-6-10-19)20-11-7-4-8-12-20/h3-14,17,23,25H,15-16H2,1-2H3. The molecule has 3 aromatic carbocycles. The molecule has 134 valence electrons. The highest BCUT2D eigenvalue weighted by Gasteiger charge is 2.15. The highest BCUT2D eigenvalue weighted by Crippen LogP contribution is 2.28. The zero-order valence-electron chi connectivity index (χ0n) is 15.3. The van der Waals surface area contributed by atoms with Gasteiger partial charge in [0.15, 0.2) is 0 Å². The molecule has 0 aliphatic heterocycles. The maximum atomic E-state index is 10.1. The van der Waals surface area contributed by atoms with E-state index in [2.05, 4.69) is 24.3 Å². The lowest BCUT2D eigenvalue weighted by Gasteiger charge is -2.24. The van der Waals surface area contributed by atoms with Gasteiger partial charge in [-0.15, -0.1) is 0 Å². The number of aryl methyl sites for hydroxylation is 1. The predicted molar refractivity (Wildman–Crippen MR) is 107 cm³/mol. The number of benzene rings is 3. The number of hydrogen-bond donors (Lipinski definition) is 1. The fraction of sp³-hybridized carbons (Fsp3) is 0.217. The summed E-state index contributed by atoms with van der Waals surface area (Å²) in [5.74, 6) is 0.292. The van der Waals surface area contributed by atoms with Crippen LogP contribution in [-0.2, 0) is 4.74 Å². The molecule has 0 aliphatic rings. The molecule has 3 heteroatoms. The van der Waals surface area contributed by atoms with E-state index in [1.807, 2.05) is 67.4 Å². The molecule has 0 atom stereocenters. The van der Waals surface area contributed by atoms with Crippen molar-refractivity contribution in [2.45, 2.75) is 13.0 Å². The summed E-state index contributed by atoms with van der Waals surface area (Å²) in [4.78, 5) is 2.02. The van der Waals surface area contributed by atoms with Crippen molar-refractivity contribution in [3.05, 3.63) is 95.6 Å². The van der Waals surface area contributed by atoms with E-state index in [1.165, 1.54) is 0 Å². The predicted octanol–water partition coefficient (Wildman–Crippen LogP) is 4.94. The Bertz CT molecular complexity index is 779. The van der Waals surface area contributed by atoms with Crippen LogP contribution in [0.2, 0.25) is 0 Å². The van der Waals surface area contributed by atoms with E-state index in [4.69, 9.17) is 4.74 Å². The topological polar surface area (TPSA) is 32.7 Å². The van der Waals surface area contributed by atoms with Crippen LogP contribution in [0.3, 0.4) is 0 Å². The number of likely N-dealkylation sites (N-methyl/N-ethyl adjacent to an activating group) is 1. The molecule has 0 fully saturated rings. The van der Waals surface area contributed by atoms with Gasteiger partial charge in [0.25, 0.3) is 0 Å². The van der Waals surface area contributed by atoms with Crippen molar-refractivity contribution < 1.29 is 9.84 Å². The summed E-state index contributed by atoms with van der Waals surface area (Å²) in [6, 6.07) is 26.2. The van der Waals surface area contributed by atoms with E-state index in [9.17, 15) is 5.11 Å². The van der Waals surface area contributed by atoms with E-state index >= 15 is 0 Å². The first kappa shape index (κ1) is 18.0. The quantitative estimate of drug-likeness (QED) is 0.657.